The van der Waals surface area contributed by atoms with Crippen LogP contribution in [0.4, 0.5) is 0 Å². The number of amides is 1. The maximum Gasteiger partial charge on any atom is 0.260 e. The van der Waals surface area contributed by atoms with Gasteiger partial charge in [0.15, 0.2) is 6.61 Å². The summed E-state index contributed by atoms with van der Waals surface area (Å²) in [7, 11) is 1.58. The molecule has 110 valence electrons. The third kappa shape index (κ3) is 3.85. The molecule has 0 aromatic heterocycles. The van der Waals surface area contributed by atoms with Crippen LogP contribution in [0.15, 0.2) is 18.2 Å². The van der Waals surface area contributed by atoms with Gasteiger partial charge in [0.2, 0.25) is 0 Å². The summed E-state index contributed by atoms with van der Waals surface area (Å²) in [5.74, 6) is 1.22. The number of nitrogens with two attached hydrogens (primary N) is 1. The molecular formula is C14H20N2O4. The second-order valence-electron chi connectivity index (χ2n) is 4.50. The Hall–Kier alpha value is -1.79. The molecule has 6 nitrogen and oxygen atoms in total. The number of benzene rings is 1. The van der Waals surface area contributed by atoms with Crippen LogP contribution in [0.5, 0.6) is 11.5 Å². The second kappa shape index (κ2) is 7.12. The summed E-state index contributed by atoms with van der Waals surface area (Å²) in [6.45, 7) is 2.81. The van der Waals surface area contributed by atoms with Crippen molar-refractivity contribution in [3.63, 3.8) is 0 Å². The third-order valence-corrected chi connectivity index (χ3v) is 3.14. The first kappa shape index (κ1) is 14.6. The monoisotopic (exact) mass is 280 g/mol. The molecule has 1 fully saturated rings. The smallest absolute Gasteiger partial charge is 0.260 e. The van der Waals surface area contributed by atoms with Crippen LogP contribution in [-0.4, -0.2) is 50.8 Å². The number of rotatable bonds is 5. The Morgan fingerprint density at radius 2 is 2.00 bits per heavy atom. The molecule has 0 radical (unpaired) electrons. The molecule has 2 N–H and O–H groups in total. The zero-order valence-electron chi connectivity index (χ0n) is 11.6. The average molecular weight is 280 g/mol. The number of ether oxygens (including phenoxy) is 3. The van der Waals surface area contributed by atoms with Crippen molar-refractivity contribution in [2.75, 3.05) is 40.0 Å². The Morgan fingerprint density at radius 1 is 1.30 bits per heavy atom. The lowest BCUT2D eigenvalue weighted by Gasteiger charge is -2.26. The van der Waals surface area contributed by atoms with E-state index in [-0.39, 0.29) is 12.5 Å². The summed E-state index contributed by atoms with van der Waals surface area (Å²) in [6, 6.07) is 5.40. The first-order valence-corrected chi connectivity index (χ1v) is 6.59. The molecule has 0 unspecified atom stereocenters. The number of carbonyl (C=O) groups is 1. The molecule has 1 aromatic rings. The van der Waals surface area contributed by atoms with Gasteiger partial charge in [0, 0.05) is 25.7 Å². The number of hydrogen-bond acceptors (Lipinski definition) is 5. The van der Waals surface area contributed by atoms with Gasteiger partial charge < -0.3 is 24.8 Å². The molecule has 0 saturated carbocycles. The Bertz CT molecular complexity index is 436. The Kier molecular flexibility index (Phi) is 5.20. The van der Waals surface area contributed by atoms with Crippen LogP contribution in [-0.2, 0) is 16.1 Å². The van der Waals surface area contributed by atoms with Gasteiger partial charge in [-0.15, -0.1) is 0 Å². The van der Waals surface area contributed by atoms with E-state index in [1.54, 1.807) is 18.1 Å². The Balaban J connectivity index is 1.94. The van der Waals surface area contributed by atoms with E-state index in [9.17, 15) is 4.79 Å². The number of carbonyl (C=O) groups excluding carboxylic acids is 1. The van der Waals surface area contributed by atoms with Crippen LogP contribution in [0.25, 0.3) is 0 Å². The van der Waals surface area contributed by atoms with Gasteiger partial charge in [-0.05, 0) is 17.7 Å². The SMILES string of the molecule is COc1cc(CN)cc(OCC(=O)N2CCOCC2)c1. The van der Waals surface area contributed by atoms with Gasteiger partial charge in [-0.3, -0.25) is 4.79 Å². The van der Waals surface area contributed by atoms with Crippen LogP contribution >= 0.6 is 0 Å². The highest BCUT2D eigenvalue weighted by Gasteiger charge is 2.17. The molecule has 0 bridgehead atoms. The van der Waals surface area contributed by atoms with Crippen LogP contribution in [0.2, 0.25) is 0 Å². The Labute approximate surface area is 118 Å². The average Bonchev–Trinajstić information content (AvgIpc) is 2.53. The molecule has 2 rings (SSSR count). The van der Waals surface area contributed by atoms with Gasteiger partial charge in [-0.25, -0.2) is 0 Å². The predicted molar refractivity (Wildman–Crippen MR) is 73.8 cm³/mol. The third-order valence-electron chi connectivity index (χ3n) is 3.14. The molecule has 1 aromatic carbocycles. The normalized spacial score (nSPS) is 15.0. The van der Waals surface area contributed by atoms with Crippen molar-refractivity contribution >= 4 is 5.91 Å². The summed E-state index contributed by atoms with van der Waals surface area (Å²) in [5.41, 5.74) is 6.52. The van der Waals surface area contributed by atoms with E-state index < -0.39 is 0 Å². The van der Waals surface area contributed by atoms with E-state index in [4.69, 9.17) is 19.9 Å². The van der Waals surface area contributed by atoms with Gasteiger partial charge in [-0.2, -0.15) is 0 Å². The van der Waals surface area contributed by atoms with E-state index in [1.165, 1.54) is 0 Å². The number of morpholine rings is 1. The fraction of sp³-hybridized carbons (Fsp3) is 0.500. The van der Waals surface area contributed by atoms with E-state index in [2.05, 4.69) is 0 Å². The highest BCUT2D eigenvalue weighted by molar-refractivity contribution is 5.77. The number of hydrogen-bond donors (Lipinski definition) is 1. The lowest BCUT2D eigenvalue weighted by molar-refractivity contribution is -0.137. The maximum absolute atomic E-state index is 12.0. The zero-order chi connectivity index (χ0) is 14.4. The second-order valence-corrected chi connectivity index (χ2v) is 4.50. The highest BCUT2D eigenvalue weighted by Crippen LogP contribution is 2.22. The quantitative estimate of drug-likeness (QED) is 0.844. The number of methoxy groups -OCH3 is 1. The van der Waals surface area contributed by atoms with Crippen molar-refractivity contribution in [2.45, 2.75) is 6.54 Å². The minimum Gasteiger partial charge on any atom is -0.497 e. The van der Waals surface area contributed by atoms with Gasteiger partial charge in [-0.1, -0.05) is 0 Å². The highest BCUT2D eigenvalue weighted by atomic mass is 16.5. The van der Waals surface area contributed by atoms with Crippen LogP contribution < -0.4 is 15.2 Å². The van der Waals surface area contributed by atoms with Crippen LogP contribution in [0.3, 0.4) is 0 Å². The maximum atomic E-state index is 12.0. The predicted octanol–water partition coefficient (Wildman–Crippen LogP) is 0.392. The summed E-state index contributed by atoms with van der Waals surface area (Å²) in [5, 5.41) is 0. The molecule has 0 aliphatic carbocycles. The van der Waals surface area contributed by atoms with E-state index >= 15 is 0 Å². The standard InChI is InChI=1S/C14H20N2O4/c1-18-12-6-11(9-15)7-13(8-12)20-10-14(17)16-2-4-19-5-3-16/h6-8H,2-5,9-10,15H2,1H3. The van der Waals surface area contributed by atoms with Gasteiger partial charge in [0.05, 0.1) is 20.3 Å². The van der Waals surface area contributed by atoms with Crippen LogP contribution in [0, 0.1) is 0 Å². The van der Waals surface area contributed by atoms with Crippen molar-refractivity contribution in [3.8, 4) is 11.5 Å². The van der Waals surface area contributed by atoms with E-state index in [0.29, 0.717) is 44.3 Å². The fourth-order valence-corrected chi connectivity index (χ4v) is 2.00. The molecule has 6 heteroatoms. The summed E-state index contributed by atoms with van der Waals surface area (Å²) in [6.07, 6.45) is 0. The molecule has 1 saturated heterocycles. The molecule has 1 aliphatic rings. The molecule has 1 amide bonds. The van der Waals surface area contributed by atoms with Crippen molar-refractivity contribution in [2.24, 2.45) is 5.73 Å². The molecule has 0 atom stereocenters. The van der Waals surface area contributed by atoms with E-state index in [1.807, 2.05) is 12.1 Å². The molecular weight excluding hydrogens is 260 g/mol. The summed E-state index contributed by atoms with van der Waals surface area (Å²) in [4.78, 5) is 13.7. The molecule has 1 aliphatic heterocycles. The topological polar surface area (TPSA) is 74.0 Å². The van der Waals surface area contributed by atoms with Crippen molar-refractivity contribution < 1.29 is 19.0 Å². The first-order chi connectivity index (χ1) is 9.72. The minimum atomic E-state index is -0.0366. The number of nitrogens with zero attached hydrogens (tertiary/aromatic N) is 1. The lowest BCUT2D eigenvalue weighted by atomic mass is 10.2. The van der Waals surface area contributed by atoms with E-state index in [0.717, 1.165) is 5.56 Å². The summed E-state index contributed by atoms with van der Waals surface area (Å²) >= 11 is 0. The molecule has 20 heavy (non-hydrogen) atoms. The zero-order valence-corrected chi connectivity index (χ0v) is 11.6. The molecule has 0 spiro atoms. The van der Waals surface area contributed by atoms with Crippen molar-refractivity contribution in [1.29, 1.82) is 0 Å². The Morgan fingerprint density at radius 3 is 2.65 bits per heavy atom. The van der Waals surface area contributed by atoms with Gasteiger partial charge in [0.1, 0.15) is 11.5 Å². The minimum absolute atomic E-state index is 0.0111. The first-order valence-electron chi connectivity index (χ1n) is 6.59. The lowest BCUT2D eigenvalue weighted by Crippen LogP contribution is -2.42. The largest absolute Gasteiger partial charge is 0.497 e. The summed E-state index contributed by atoms with van der Waals surface area (Å²) < 4.78 is 15.9. The van der Waals surface area contributed by atoms with Crippen molar-refractivity contribution in [3.05, 3.63) is 23.8 Å². The fourth-order valence-electron chi connectivity index (χ4n) is 2.00. The van der Waals surface area contributed by atoms with Gasteiger partial charge in [0.25, 0.3) is 5.91 Å². The van der Waals surface area contributed by atoms with Crippen molar-refractivity contribution in [1.82, 2.24) is 4.90 Å². The van der Waals surface area contributed by atoms with Gasteiger partial charge >= 0.3 is 0 Å². The van der Waals surface area contributed by atoms with Crippen LogP contribution in [0.1, 0.15) is 5.56 Å². The molecule has 1 heterocycles.